The van der Waals surface area contributed by atoms with Gasteiger partial charge in [0.15, 0.2) is 0 Å². The fourth-order valence-electron chi connectivity index (χ4n) is 3.17. The zero-order chi connectivity index (χ0) is 18.1. The van der Waals surface area contributed by atoms with Gasteiger partial charge in [0.05, 0.1) is 17.1 Å². The summed E-state index contributed by atoms with van der Waals surface area (Å²) in [6.45, 7) is 4.47. The standard InChI is InChI=1S/C20H20N4O2/c1-3-23(14(2)19-12-15-8-4-7-11-18(15)26-19)20(25)22-24-13-21-16-9-5-6-10-17(16)24/h4-14H,3H2,1-2H3,(H,22,25)/t14-/m1/s1. The molecule has 2 heterocycles. The Morgan fingerprint density at radius 3 is 2.81 bits per heavy atom. The average Bonchev–Trinajstić information content (AvgIpc) is 3.26. The lowest BCUT2D eigenvalue weighted by atomic mass is 10.2. The van der Waals surface area contributed by atoms with E-state index in [-0.39, 0.29) is 12.1 Å². The highest BCUT2D eigenvalue weighted by molar-refractivity contribution is 5.85. The van der Waals surface area contributed by atoms with Crippen LogP contribution in [0.4, 0.5) is 4.79 Å². The van der Waals surface area contributed by atoms with E-state index >= 15 is 0 Å². The number of hydrogen-bond donors (Lipinski definition) is 1. The maximum atomic E-state index is 12.8. The lowest BCUT2D eigenvalue weighted by molar-refractivity contribution is 0.186. The first-order valence-corrected chi connectivity index (χ1v) is 8.65. The van der Waals surface area contributed by atoms with E-state index in [2.05, 4.69) is 10.4 Å². The number of imidazole rings is 1. The Kier molecular flexibility index (Phi) is 4.08. The molecule has 4 rings (SSSR count). The van der Waals surface area contributed by atoms with Crippen LogP contribution >= 0.6 is 0 Å². The van der Waals surface area contributed by atoms with Gasteiger partial charge >= 0.3 is 6.03 Å². The number of hydrogen-bond acceptors (Lipinski definition) is 3. The van der Waals surface area contributed by atoms with Crippen LogP contribution in [-0.4, -0.2) is 27.1 Å². The van der Waals surface area contributed by atoms with Gasteiger partial charge in [0, 0.05) is 11.9 Å². The molecule has 2 aromatic carbocycles. The lowest BCUT2D eigenvalue weighted by Gasteiger charge is -2.27. The molecule has 0 aliphatic carbocycles. The van der Waals surface area contributed by atoms with Crippen LogP contribution in [-0.2, 0) is 0 Å². The molecule has 0 saturated heterocycles. The maximum absolute atomic E-state index is 12.8. The van der Waals surface area contributed by atoms with E-state index in [1.165, 1.54) is 0 Å². The minimum absolute atomic E-state index is 0.192. The smallest absolute Gasteiger partial charge is 0.337 e. The van der Waals surface area contributed by atoms with Gasteiger partial charge < -0.3 is 9.32 Å². The molecule has 26 heavy (non-hydrogen) atoms. The van der Waals surface area contributed by atoms with E-state index < -0.39 is 0 Å². The average molecular weight is 348 g/mol. The molecule has 0 fully saturated rings. The Hall–Kier alpha value is -3.28. The van der Waals surface area contributed by atoms with E-state index in [9.17, 15) is 4.79 Å². The number of carbonyl (C=O) groups excluding carboxylic acids is 1. The molecule has 132 valence electrons. The molecule has 0 unspecified atom stereocenters. The molecule has 4 aromatic rings. The molecule has 1 N–H and O–H groups in total. The van der Waals surface area contributed by atoms with Crippen molar-refractivity contribution < 1.29 is 9.21 Å². The summed E-state index contributed by atoms with van der Waals surface area (Å²) in [6, 6.07) is 17.1. The molecule has 0 aliphatic heterocycles. The first-order valence-electron chi connectivity index (χ1n) is 8.65. The predicted octanol–water partition coefficient (Wildman–Crippen LogP) is 4.53. The van der Waals surface area contributed by atoms with Crippen molar-refractivity contribution in [3.05, 3.63) is 66.7 Å². The van der Waals surface area contributed by atoms with E-state index in [4.69, 9.17) is 4.42 Å². The molecule has 2 aromatic heterocycles. The number of carbonyl (C=O) groups is 1. The monoisotopic (exact) mass is 348 g/mol. The number of urea groups is 1. The molecule has 0 saturated carbocycles. The third kappa shape index (κ3) is 2.79. The Bertz CT molecular complexity index is 1030. The Balaban J connectivity index is 1.58. The van der Waals surface area contributed by atoms with Crippen LogP contribution in [0.2, 0.25) is 0 Å². The van der Waals surface area contributed by atoms with Crippen molar-refractivity contribution in [2.45, 2.75) is 19.9 Å². The van der Waals surface area contributed by atoms with Crippen LogP contribution < -0.4 is 5.43 Å². The normalized spacial score (nSPS) is 12.4. The minimum atomic E-state index is -0.205. The number of benzene rings is 2. The van der Waals surface area contributed by atoms with Gasteiger partial charge in [-0.25, -0.2) is 19.9 Å². The first kappa shape index (κ1) is 16.2. The van der Waals surface area contributed by atoms with Crippen molar-refractivity contribution in [1.29, 1.82) is 0 Å². The van der Waals surface area contributed by atoms with Gasteiger partial charge in [-0.1, -0.05) is 30.3 Å². The van der Waals surface area contributed by atoms with Crippen LogP contribution in [0.1, 0.15) is 25.6 Å². The number of fused-ring (bicyclic) bond motifs is 2. The fourth-order valence-corrected chi connectivity index (χ4v) is 3.17. The summed E-state index contributed by atoms with van der Waals surface area (Å²) >= 11 is 0. The van der Waals surface area contributed by atoms with Crippen molar-refractivity contribution >= 4 is 28.0 Å². The second kappa shape index (κ2) is 6.55. The summed E-state index contributed by atoms with van der Waals surface area (Å²) in [7, 11) is 0. The highest BCUT2D eigenvalue weighted by Gasteiger charge is 2.23. The van der Waals surface area contributed by atoms with Gasteiger partial charge in [-0.05, 0) is 38.1 Å². The molecule has 0 radical (unpaired) electrons. The van der Waals surface area contributed by atoms with Crippen LogP contribution in [0.3, 0.4) is 0 Å². The zero-order valence-corrected chi connectivity index (χ0v) is 14.7. The van der Waals surface area contributed by atoms with E-state index in [0.717, 1.165) is 27.8 Å². The van der Waals surface area contributed by atoms with Crippen LogP contribution in [0.25, 0.3) is 22.0 Å². The van der Waals surface area contributed by atoms with Crippen LogP contribution in [0.5, 0.6) is 0 Å². The molecule has 0 bridgehead atoms. The highest BCUT2D eigenvalue weighted by atomic mass is 16.3. The molecule has 1 atom stereocenters. The van der Waals surface area contributed by atoms with Gasteiger partial charge in [0.2, 0.25) is 0 Å². The summed E-state index contributed by atoms with van der Waals surface area (Å²) in [5, 5.41) is 1.03. The summed E-state index contributed by atoms with van der Waals surface area (Å²) in [6.07, 6.45) is 1.61. The number of nitrogens with one attached hydrogen (secondary N) is 1. The highest BCUT2D eigenvalue weighted by Crippen LogP contribution is 2.27. The van der Waals surface area contributed by atoms with E-state index in [0.29, 0.717) is 6.54 Å². The number of amides is 2. The van der Waals surface area contributed by atoms with Gasteiger partial charge in [-0.3, -0.25) is 0 Å². The fraction of sp³-hybridized carbons (Fsp3) is 0.200. The number of rotatable bonds is 4. The molecule has 6 heteroatoms. The van der Waals surface area contributed by atoms with Gasteiger partial charge in [-0.2, -0.15) is 0 Å². The third-order valence-electron chi connectivity index (χ3n) is 4.60. The number of aromatic nitrogens is 2. The number of para-hydroxylation sites is 3. The molecular formula is C20H20N4O2. The summed E-state index contributed by atoms with van der Waals surface area (Å²) in [4.78, 5) is 18.9. The molecule has 6 nitrogen and oxygen atoms in total. The second-order valence-electron chi connectivity index (χ2n) is 6.17. The van der Waals surface area contributed by atoms with Gasteiger partial charge in [0.25, 0.3) is 0 Å². The van der Waals surface area contributed by atoms with Crippen molar-refractivity contribution in [3.8, 4) is 0 Å². The van der Waals surface area contributed by atoms with Crippen molar-refractivity contribution in [1.82, 2.24) is 14.6 Å². The zero-order valence-electron chi connectivity index (χ0n) is 14.7. The van der Waals surface area contributed by atoms with Crippen LogP contribution in [0, 0.1) is 0 Å². The molecular weight excluding hydrogens is 328 g/mol. The first-order chi connectivity index (χ1) is 12.7. The van der Waals surface area contributed by atoms with Gasteiger partial charge in [0.1, 0.15) is 17.7 Å². The van der Waals surface area contributed by atoms with Gasteiger partial charge in [-0.15, -0.1) is 0 Å². The Morgan fingerprint density at radius 2 is 2.00 bits per heavy atom. The summed E-state index contributed by atoms with van der Waals surface area (Å²) < 4.78 is 7.57. The largest absolute Gasteiger partial charge is 0.459 e. The number of nitrogens with zero attached hydrogens (tertiary/aromatic N) is 3. The quantitative estimate of drug-likeness (QED) is 0.589. The molecule has 2 amide bonds. The lowest BCUT2D eigenvalue weighted by Crippen LogP contribution is -2.39. The van der Waals surface area contributed by atoms with Crippen LogP contribution in [0.15, 0.2) is 65.3 Å². The molecule has 0 aliphatic rings. The van der Waals surface area contributed by atoms with Crippen molar-refractivity contribution in [3.63, 3.8) is 0 Å². The Morgan fingerprint density at radius 1 is 1.23 bits per heavy atom. The maximum Gasteiger partial charge on any atom is 0.337 e. The van der Waals surface area contributed by atoms with Crippen molar-refractivity contribution in [2.24, 2.45) is 0 Å². The SMILES string of the molecule is CCN(C(=O)Nn1cnc2ccccc21)[C@H](C)c1cc2ccccc2o1. The van der Waals surface area contributed by atoms with Crippen molar-refractivity contribution in [2.75, 3.05) is 12.0 Å². The predicted molar refractivity (Wildman–Crippen MR) is 101 cm³/mol. The summed E-state index contributed by atoms with van der Waals surface area (Å²) in [5.41, 5.74) is 5.41. The van der Waals surface area contributed by atoms with E-state index in [1.54, 1.807) is 15.9 Å². The minimum Gasteiger partial charge on any atom is -0.459 e. The second-order valence-corrected chi connectivity index (χ2v) is 6.17. The van der Waals surface area contributed by atoms with E-state index in [1.807, 2.05) is 68.4 Å². The summed E-state index contributed by atoms with van der Waals surface area (Å²) in [5.74, 6) is 0.763. The number of furan rings is 1. The Labute approximate surface area is 151 Å². The third-order valence-corrected chi connectivity index (χ3v) is 4.60. The topological polar surface area (TPSA) is 63.3 Å². The molecule has 0 spiro atoms.